The van der Waals surface area contributed by atoms with Crippen LogP contribution in [0.15, 0.2) is 84.1 Å². The molecule has 0 amide bonds. The Labute approximate surface area is 179 Å². The lowest BCUT2D eigenvalue weighted by Crippen LogP contribution is -2.02. The number of nitrogens with one attached hydrogen (secondary N) is 2. The molecule has 0 saturated carbocycles. The zero-order chi connectivity index (χ0) is 20.8. The zero-order valence-electron chi connectivity index (χ0n) is 16.2. The lowest BCUT2D eigenvalue weighted by molar-refractivity contribution is 1.12. The normalized spacial score (nSPS) is 10.9. The zero-order valence-corrected chi connectivity index (χ0v) is 17.0. The van der Waals surface area contributed by atoms with Gasteiger partial charge in [-0.1, -0.05) is 71.8 Å². The third-order valence-corrected chi connectivity index (χ3v) is 4.47. The highest BCUT2D eigenvalue weighted by Gasteiger charge is 2.07. The summed E-state index contributed by atoms with van der Waals surface area (Å²) in [6.45, 7) is 2.05. The maximum absolute atomic E-state index is 5.87. The number of aryl methyl sites for hydroxylation is 1. The molecule has 148 valence electrons. The van der Waals surface area contributed by atoms with Crippen LogP contribution >= 0.6 is 11.6 Å². The van der Waals surface area contributed by atoms with E-state index in [-0.39, 0.29) is 0 Å². The van der Waals surface area contributed by atoms with E-state index in [0.29, 0.717) is 16.9 Å². The van der Waals surface area contributed by atoms with Crippen LogP contribution in [0.4, 0.5) is 17.5 Å². The van der Waals surface area contributed by atoms with Gasteiger partial charge in [-0.2, -0.15) is 10.1 Å². The molecule has 0 bridgehead atoms. The second-order valence-corrected chi connectivity index (χ2v) is 6.99. The van der Waals surface area contributed by atoms with E-state index in [0.717, 1.165) is 22.5 Å². The number of nitrogens with zero attached hydrogens (tertiary/aromatic N) is 4. The minimum atomic E-state index is 0.379. The molecule has 0 fully saturated rings. The first kappa shape index (κ1) is 19.5. The fraction of sp³-hybridized carbons (Fsp3) is 0.0435. The van der Waals surface area contributed by atoms with E-state index >= 15 is 0 Å². The standard InChI is InChI=1S/C23H19ClN6/c1-16-7-9-17(10-8-16)14-26-30-23-28-20(18-5-3-2-4-6-18)13-22(29-23)27-19-11-12-21(24)25-15-19/h2-15H,1H3,(H2,27,28,29,30). The third-order valence-electron chi connectivity index (χ3n) is 4.25. The second kappa shape index (κ2) is 9.15. The van der Waals surface area contributed by atoms with Crippen LogP contribution in [-0.2, 0) is 0 Å². The maximum atomic E-state index is 5.87. The van der Waals surface area contributed by atoms with Gasteiger partial charge < -0.3 is 5.32 Å². The quantitative estimate of drug-likeness (QED) is 0.241. The van der Waals surface area contributed by atoms with Crippen LogP contribution in [-0.4, -0.2) is 21.2 Å². The van der Waals surface area contributed by atoms with Crippen molar-refractivity contribution >= 4 is 35.3 Å². The number of halogens is 1. The SMILES string of the molecule is Cc1ccc(C=NNc2nc(Nc3ccc(Cl)nc3)cc(-c3ccccc3)n2)cc1. The van der Waals surface area contributed by atoms with Gasteiger partial charge in [-0.25, -0.2) is 15.4 Å². The molecule has 7 heteroatoms. The lowest BCUT2D eigenvalue weighted by Gasteiger charge is -2.10. The minimum Gasteiger partial charge on any atom is -0.339 e. The van der Waals surface area contributed by atoms with Crippen molar-refractivity contribution in [3.05, 3.63) is 95.3 Å². The molecule has 0 aliphatic heterocycles. The molecule has 2 heterocycles. The third kappa shape index (κ3) is 5.18. The van der Waals surface area contributed by atoms with Gasteiger partial charge in [-0.15, -0.1) is 0 Å². The number of rotatable bonds is 6. The van der Waals surface area contributed by atoms with Crippen molar-refractivity contribution < 1.29 is 0 Å². The number of hydrogen-bond donors (Lipinski definition) is 2. The molecule has 2 N–H and O–H groups in total. The summed E-state index contributed by atoms with van der Waals surface area (Å²) in [5.74, 6) is 0.991. The Hall–Kier alpha value is -3.77. The highest BCUT2D eigenvalue weighted by molar-refractivity contribution is 6.29. The molecule has 0 atom stereocenters. The van der Waals surface area contributed by atoms with Crippen LogP contribution in [0.1, 0.15) is 11.1 Å². The summed E-state index contributed by atoms with van der Waals surface area (Å²) < 4.78 is 0. The average molecular weight is 415 g/mol. The summed E-state index contributed by atoms with van der Waals surface area (Å²) in [5.41, 5.74) is 7.62. The van der Waals surface area contributed by atoms with Gasteiger partial charge in [0.15, 0.2) is 0 Å². The Morgan fingerprint density at radius 1 is 0.933 bits per heavy atom. The maximum Gasteiger partial charge on any atom is 0.246 e. The van der Waals surface area contributed by atoms with Gasteiger partial charge in [0.05, 0.1) is 23.8 Å². The van der Waals surface area contributed by atoms with Crippen LogP contribution in [0.2, 0.25) is 5.15 Å². The summed E-state index contributed by atoms with van der Waals surface area (Å²) in [4.78, 5) is 13.2. The van der Waals surface area contributed by atoms with E-state index in [4.69, 9.17) is 11.6 Å². The minimum absolute atomic E-state index is 0.379. The predicted octanol–water partition coefficient (Wildman–Crippen LogP) is 5.69. The topological polar surface area (TPSA) is 75.1 Å². The van der Waals surface area contributed by atoms with Crippen molar-refractivity contribution in [2.24, 2.45) is 5.10 Å². The second-order valence-electron chi connectivity index (χ2n) is 6.60. The van der Waals surface area contributed by atoms with Crippen LogP contribution in [0.3, 0.4) is 0 Å². The first-order chi connectivity index (χ1) is 14.7. The predicted molar refractivity (Wildman–Crippen MR) is 122 cm³/mol. The number of hydrazone groups is 1. The monoisotopic (exact) mass is 414 g/mol. The highest BCUT2D eigenvalue weighted by atomic mass is 35.5. The summed E-state index contributed by atoms with van der Waals surface area (Å²) in [7, 11) is 0. The van der Waals surface area contributed by atoms with Crippen molar-refractivity contribution in [1.29, 1.82) is 0 Å². The smallest absolute Gasteiger partial charge is 0.246 e. The van der Waals surface area contributed by atoms with Crippen molar-refractivity contribution in [2.75, 3.05) is 10.7 Å². The van der Waals surface area contributed by atoms with Gasteiger partial charge in [0, 0.05) is 11.6 Å². The van der Waals surface area contributed by atoms with Gasteiger partial charge >= 0.3 is 0 Å². The number of benzene rings is 2. The average Bonchev–Trinajstić information content (AvgIpc) is 2.77. The highest BCUT2D eigenvalue weighted by Crippen LogP contribution is 2.23. The van der Waals surface area contributed by atoms with Crippen molar-refractivity contribution in [3.8, 4) is 11.3 Å². The van der Waals surface area contributed by atoms with Gasteiger partial charge in [0.2, 0.25) is 5.95 Å². The summed E-state index contributed by atoms with van der Waals surface area (Å²) in [6, 6.07) is 23.4. The summed E-state index contributed by atoms with van der Waals surface area (Å²) in [5, 5.41) is 7.94. The molecule has 30 heavy (non-hydrogen) atoms. The molecule has 2 aromatic heterocycles. The summed E-state index contributed by atoms with van der Waals surface area (Å²) in [6.07, 6.45) is 3.38. The molecular weight excluding hydrogens is 396 g/mol. The molecule has 0 radical (unpaired) electrons. The van der Waals surface area contributed by atoms with E-state index < -0.39 is 0 Å². The van der Waals surface area contributed by atoms with E-state index in [1.807, 2.05) is 73.7 Å². The van der Waals surface area contributed by atoms with Crippen LogP contribution in [0.5, 0.6) is 0 Å². The number of pyridine rings is 1. The van der Waals surface area contributed by atoms with Gasteiger partial charge in [-0.05, 0) is 24.6 Å². The van der Waals surface area contributed by atoms with Gasteiger partial charge in [0.25, 0.3) is 0 Å². The van der Waals surface area contributed by atoms with Crippen LogP contribution in [0.25, 0.3) is 11.3 Å². The fourth-order valence-corrected chi connectivity index (χ4v) is 2.84. The van der Waals surface area contributed by atoms with Crippen molar-refractivity contribution in [2.45, 2.75) is 6.92 Å². The summed E-state index contributed by atoms with van der Waals surface area (Å²) >= 11 is 5.87. The Morgan fingerprint density at radius 3 is 2.47 bits per heavy atom. The van der Waals surface area contributed by atoms with Crippen LogP contribution < -0.4 is 10.7 Å². The molecule has 0 aliphatic carbocycles. The Kier molecular flexibility index (Phi) is 5.96. The first-order valence-electron chi connectivity index (χ1n) is 9.34. The van der Waals surface area contributed by atoms with E-state index in [9.17, 15) is 0 Å². The molecule has 2 aromatic carbocycles. The first-order valence-corrected chi connectivity index (χ1v) is 9.72. The number of hydrogen-bond acceptors (Lipinski definition) is 6. The van der Waals surface area contributed by atoms with Crippen molar-refractivity contribution in [3.63, 3.8) is 0 Å². The molecule has 0 aliphatic rings. The largest absolute Gasteiger partial charge is 0.339 e. The molecule has 0 spiro atoms. The van der Waals surface area contributed by atoms with E-state index in [2.05, 4.69) is 30.8 Å². The van der Waals surface area contributed by atoms with Crippen molar-refractivity contribution in [1.82, 2.24) is 15.0 Å². The number of anilines is 3. The Balaban J connectivity index is 1.61. The van der Waals surface area contributed by atoms with E-state index in [1.165, 1.54) is 5.56 Å². The molecule has 4 aromatic rings. The lowest BCUT2D eigenvalue weighted by atomic mass is 10.1. The van der Waals surface area contributed by atoms with Gasteiger partial charge in [-0.3, -0.25) is 0 Å². The molecule has 0 unspecified atom stereocenters. The van der Waals surface area contributed by atoms with E-state index in [1.54, 1.807) is 18.5 Å². The molecule has 0 saturated heterocycles. The fourth-order valence-electron chi connectivity index (χ4n) is 2.73. The van der Waals surface area contributed by atoms with Gasteiger partial charge in [0.1, 0.15) is 11.0 Å². The number of aromatic nitrogens is 3. The molecule has 6 nitrogen and oxygen atoms in total. The van der Waals surface area contributed by atoms with Crippen LogP contribution in [0, 0.1) is 6.92 Å². The Morgan fingerprint density at radius 2 is 1.73 bits per heavy atom. The molecule has 4 rings (SSSR count). The molecular formula is C23H19ClN6. The Bertz CT molecular complexity index is 1140.